The highest BCUT2D eigenvalue weighted by molar-refractivity contribution is 7.99. The van der Waals surface area contributed by atoms with Crippen LogP contribution in [-0.2, 0) is 0 Å². The van der Waals surface area contributed by atoms with Crippen LogP contribution in [0.3, 0.4) is 0 Å². The number of hydrogen-bond acceptors (Lipinski definition) is 5. The molecule has 0 aliphatic heterocycles. The smallest absolute Gasteiger partial charge is 0.251 e. The van der Waals surface area contributed by atoms with Crippen molar-refractivity contribution >= 4 is 28.7 Å². The number of carbonyl (C=O) groups excluding carboxylic acids is 1. The van der Waals surface area contributed by atoms with Crippen LogP contribution in [0, 0.1) is 0 Å². The molecule has 0 saturated carbocycles. The fourth-order valence-electron chi connectivity index (χ4n) is 1.59. The summed E-state index contributed by atoms with van der Waals surface area (Å²) in [5.41, 5.74) is 2.02. The van der Waals surface area contributed by atoms with Gasteiger partial charge in [0, 0.05) is 24.5 Å². The maximum Gasteiger partial charge on any atom is 0.251 e. The van der Waals surface area contributed by atoms with Gasteiger partial charge in [0.15, 0.2) is 0 Å². The fraction of sp³-hybridized carbons (Fsp3) is 0.417. The van der Waals surface area contributed by atoms with E-state index in [1.165, 1.54) is 0 Å². The number of aliphatic hydroxyl groups excluding tert-OH is 1. The fourth-order valence-corrected chi connectivity index (χ4v) is 2.37. The molecule has 1 aromatic heterocycles. The zero-order chi connectivity index (χ0) is 13.5. The van der Waals surface area contributed by atoms with Gasteiger partial charge in [-0.05, 0) is 30.4 Å². The summed E-state index contributed by atoms with van der Waals surface area (Å²) in [7, 11) is 0. The van der Waals surface area contributed by atoms with Gasteiger partial charge in [0.05, 0.1) is 0 Å². The molecule has 0 aliphatic rings. The van der Waals surface area contributed by atoms with E-state index in [4.69, 9.17) is 5.11 Å². The second-order valence-corrected chi connectivity index (χ2v) is 5.20. The van der Waals surface area contributed by atoms with Gasteiger partial charge >= 0.3 is 0 Å². The average Bonchev–Trinajstić information content (AvgIpc) is 2.89. The normalized spacial score (nSPS) is 10.8. The Hall–Kier alpha value is -1.60. The van der Waals surface area contributed by atoms with Crippen LogP contribution in [0.4, 0.5) is 0 Å². The van der Waals surface area contributed by atoms with Crippen molar-refractivity contribution in [2.24, 2.45) is 0 Å². The lowest BCUT2D eigenvalue weighted by atomic mass is 10.2. The second kappa shape index (κ2) is 7.10. The van der Waals surface area contributed by atoms with Crippen molar-refractivity contribution in [3.05, 3.63) is 23.8 Å². The number of benzene rings is 1. The summed E-state index contributed by atoms with van der Waals surface area (Å²) in [5.74, 6) is 1.66. The Kier molecular flexibility index (Phi) is 5.17. The van der Waals surface area contributed by atoms with E-state index in [1.54, 1.807) is 30.0 Å². The number of thioether (sulfide) groups is 1. The van der Waals surface area contributed by atoms with Crippen LogP contribution in [0.15, 0.2) is 18.2 Å². The largest absolute Gasteiger partial charge is 0.396 e. The van der Waals surface area contributed by atoms with E-state index in [0.29, 0.717) is 17.6 Å². The van der Waals surface area contributed by atoms with Crippen LogP contribution in [0.1, 0.15) is 16.8 Å². The van der Waals surface area contributed by atoms with Crippen LogP contribution >= 0.6 is 11.8 Å². The minimum atomic E-state index is -0.104. The first-order valence-electron chi connectivity index (χ1n) is 6.08. The first-order chi connectivity index (χ1) is 9.31. The van der Waals surface area contributed by atoms with Crippen molar-refractivity contribution in [2.45, 2.75) is 6.42 Å². The van der Waals surface area contributed by atoms with Crippen LogP contribution in [0.25, 0.3) is 11.0 Å². The minimum absolute atomic E-state index is 0.104. The molecule has 0 aliphatic carbocycles. The Morgan fingerprint density at radius 1 is 1.32 bits per heavy atom. The van der Waals surface area contributed by atoms with Crippen molar-refractivity contribution in [1.82, 2.24) is 20.7 Å². The van der Waals surface area contributed by atoms with Crippen LogP contribution in [0.2, 0.25) is 0 Å². The van der Waals surface area contributed by atoms with E-state index in [1.807, 2.05) is 0 Å². The molecule has 1 amide bonds. The summed E-state index contributed by atoms with van der Waals surface area (Å²) in [6.07, 6.45) is 0.793. The molecule has 0 radical (unpaired) electrons. The van der Waals surface area contributed by atoms with Crippen LogP contribution in [-0.4, -0.2) is 51.1 Å². The average molecular weight is 280 g/mol. The molecule has 1 heterocycles. The molecule has 3 N–H and O–H groups in total. The van der Waals surface area contributed by atoms with Gasteiger partial charge < -0.3 is 10.4 Å². The van der Waals surface area contributed by atoms with Crippen LogP contribution < -0.4 is 5.32 Å². The molecule has 0 bridgehead atoms. The first-order valence-corrected chi connectivity index (χ1v) is 7.24. The molecule has 102 valence electrons. The Balaban J connectivity index is 1.79. The van der Waals surface area contributed by atoms with Gasteiger partial charge in [-0.25, -0.2) is 0 Å². The second-order valence-electron chi connectivity index (χ2n) is 3.97. The number of fused-ring (bicyclic) bond motifs is 1. The quantitative estimate of drug-likeness (QED) is 0.653. The predicted octanol–water partition coefficient (Wildman–Crippen LogP) is 0.803. The Morgan fingerprint density at radius 3 is 3.00 bits per heavy atom. The van der Waals surface area contributed by atoms with E-state index in [2.05, 4.69) is 20.7 Å². The van der Waals surface area contributed by atoms with Crippen molar-refractivity contribution in [2.75, 3.05) is 24.7 Å². The summed E-state index contributed by atoms with van der Waals surface area (Å²) in [4.78, 5) is 11.9. The molecule has 7 heteroatoms. The van der Waals surface area contributed by atoms with E-state index in [9.17, 15) is 4.79 Å². The number of hydrogen-bond donors (Lipinski definition) is 3. The van der Waals surface area contributed by atoms with E-state index in [-0.39, 0.29) is 12.5 Å². The third-order valence-corrected chi connectivity index (χ3v) is 3.63. The summed E-state index contributed by atoms with van der Waals surface area (Å²) < 4.78 is 0. The van der Waals surface area contributed by atoms with Crippen molar-refractivity contribution in [1.29, 1.82) is 0 Å². The lowest BCUT2D eigenvalue weighted by Gasteiger charge is -2.04. The summed E-state index contributed by atoms with van der Waals surface area (Å²) in [6, 6.07) is 5.22. The number of nitrogens with zero attached hydrogens (tertiary/aromatic N) is 2. The summed E-state index contributed by atoms with van der Waals surface area (Å²) in [5, 5.41) is 21.9. The Labute approximate surface area is 115 Å². The maximum atomic E-state index is 11.9. The molecule has 0 spiro atoms. The number of amides is 1. The molecule has 2 aromatic rings. The minimum Gasteiger partial charge on any atom is -0.396 e. The number of rotatable bonds is 7. The third kappa shape index (κ3) is 3.93. The van der Waals surface area contributed by atoms with Crippen molar-refractivity contribution in [3.8, 4) is 0 Å². The Bertz CT molecular complexity index is 543. The SMILES string of the molecule is O=C(NCCSCCCO)c1ccc2n[nH]nc2c1. The number of carbonyl (C=O) groups is 1. The van der Waals surface area contributed by atoms with E-state index < -0.39 is 0 Å². The summed E-state index contributed by atoms with van der Waals surface area (Å²) in [6.45, 7) is 0.836. The molecular formula is C12H16N4O2S. The number of aromatic amines is 1. The molecular weight excluding hydrogens is 264 g/mol. The lowest BCUT2D eigenvalue weighted by molar-refractivity contribution is 0.0956. The molecule has 0 fully saturated rings. The first kappa shape index (κ1) is 13.8. The standard InChI is InChI=1S/C12H16N4O2S/c17-5-1-6-19-7-4-13-12(18)9-2-3-10-11(8-9)15-16-14-10/h2-3,8,17H,1,4-7H2,(H,13,18)(H,14,15,16). The van der Waals surface area contributed by atoms with E-state index >= 15 is 0 Å². The van der Waals surface area contributed by atoms with Gasteiger partial charge in [0.1, 0.15) is 11.0 Å². The van der Waals surface area contributed by atoms with Gasteiger partial charge in [0.2, 0.25) is 0 Å². The van der Waals surface area contributed by atoms with Gasteiger partial charge in [-0.2, -0.15) is 27.2 Å². The molecule has 6 nitrogen and oxygen atoms in total. The topological polar surface area (TPSA) is 90.9 Å². The highest BCUT2D eigenvalue weighted by Crippen LogP contribution is 2.10. The molecule has 2 rings (SSSR count). The summed E-state index contributed by atoms with van der Waals surface area (Å²) >= 11 is 1.72. The number of H-pyrrole nitrogens is 1. The Morgan fingerprint density at radius 2 is 2.16 bits per heavy atom. The van der Waals surface area contributed by atoms with E-state index in [0.717, 1.165) is 23.4 Å². The monoisotopic (exact) mass is 280 g/mol. The molecule has 19 heavy (non-hydrogen) atoms. The number of nitrogens with one attached hydrogen (secondary N) is 2. The number of aliphatic hydroxyl groups is 1. The van der Waals surface area contributed by atoms with Crippen molar-refractivity contribution < 1.29 is 9.90 Å². The van der Waals surface area contributed by atoms with Gasteiger partial charge in [0.25, 0.3) is 5.91 Å². The van der Waals surface area contributed by atoms with Gasteiger partial charge in [-0.15, -0.1) is 0 Å². The van der Waals surface area contributed by atoms with Gasteiger partial charge in [-0.1, -0.05) is 0 Å². The highest BCUT2D eigenvalue weighted by Gasteiger charge is 2.07. The molecule has 0 unspecified atom stereocenters. The maximum absolute atomic E-state index is 11.9. The van der Waals surface area contributed by atoms with Crippen molar-refractivity contribution in [3.63, 3.8) is 0 Å². The molecule has 0 atom stereocenters. The molecule has 0 saturated heterocycles. The zero-order valence-electron chi connectivity index (χ0n) is 10.4. The van der Waals surface area contributed by atoms with Gasteiger partial charge in [-0.3, -0.25) is 4.79 Å². The highest BCUT2D eigenvalue weighted by atomic mass is 32.2. The predicted molar refractivity (Wildman–Crippen MR) is 75.2 cm³/mol. The lowest BCUT2D eigenvalue weighted by Crippen LogP contribution is -2.25. The van der Waals surface area contributed by atoms with Crippen LogP contribution in [0.5, 0.6) is 0 Å². The third-order valence-electron chi connectivity index (χ3n) is 2.56. The molecule has 1 aromatic carbocycles. The zero-order valence-corrected chi connectivity index (χ0v) is 11.2. The number of aromatic nitrogens is 3.